The van der Waals surface area contributed by atoms with Crippen molar-refractivity contribution in [3.05, 3.63) is 28.3 Å². The normalized spacial score (nSPS) is 23.7. The van der Waals surface area contributed by atoms with Crippen LogP contribution in [0.2, 0.25) is 0 Å². The summed E-state index contributed by atoms with van der Waals surface area (Å²) in [6.45, 7) is 11.1. The third kappa shape index (κ3) is 2.49. The number of hydrogen-bond acceptors (Lipinski definition) is 3. The first-order valence-electron chi connectivity index (χ1n) is 8.14. The van der Waals surface area contributed by atoms with Crippen LogP contribution in [0.15, 0.2) is 11.0 Å². The zero-order valence-corrected chi connectivity index (χ0v) is 14.8. The van der Waals surface area contributed by atoms with Gasteiger partial charge >= 0.3 is 0 Å². The molecule has 0 bridgehead atoms. The van der Waals surface area contributed by atoms with Crippen LogP contribution >= 0.6 is 0 Å². The number of aryl methyl sites for hydroxylation is 2. The van der Waals surface area contributed by atoms with Gasteiger partial charge in [0.25, 0.3) is 0 Å². The molecule has 122 valence electrons. The van der Waals surface area contributed by atoms with Crippen molar-refractivity contribution in [3.8, 4) is 0 Å². The molecule has 0 radical (unpaired) electrons. The van der Waals surface area contributed by atoms with Crippen molar-refractivity contribution in [2.24, 2.45) is 0 Å². The van der Waals surface area contributed by atoms with Crippen LogP contribution in [0.5, 0.6) is 0 Å². The van der Waals surface area contributed by atoms with Crippen LogP contribution in [0.1, 0.15) is 35.1 Å². The van der Waals surface area contributed by atoms with Crippen molar-refractivity contribution in [1.82, 2.24) is 9.21 Å². The Labute approximate surface area is 134 Å². The average Bonchev–Trinajstić information content (AvgIpc) is 2.92. The van der Waals surface area contributed by atoms with Crippen molar-refractivity contribution in [2.45, 2.75) is 51.5 Å². The molecule has 0 spiro atoms. The van der Waals surface area contributed by atoms with E-state index in [0.717, 1.165) is 41.8 Å². The first-order chi connectivity index (χ1) is 10.3. The molecule has 0 saturated carbocycles. The van der Waals surface area contributed by atoms with E-state index in [1.165, 1.54) is 6.42 Å². The zero-order chi connectivity index (χ0) is 16.1. The standard InChI is InChI=1S/C17H26N2O2S/c1-12-10-13(2)15(4)17(14(12)3)22(20,21)19-9-8-18-7-5-6-16(18)11-19/h10,16H,5-9,11H2,1-4H3. The van der Waals surface area contributed by atoms with E-state index in [-0.39, 0.29) is 0 Å². The zero-order valence-electron chi connectivity index (χ0n) is 14.0. The Morgan fingerprint density at radius 1 is 1.00 bits per heavy atom. The number of nitrogens with zero attached hydrogens (tertiary/aromatic N) is 2. The maximum Gasteiger partial charge on any atom is 0.243 e. The lowest BCUT2D eigenvalue weighted by molar-refractivity contribution is 0.158. The Balaban J connectivity index is 2.00. The summed E-state index contributed by atoms with van der Waals surface area (Å²) in [5.41, 5.74) is 3.91. The number of hydrogen-bond donors (Lipinski definition) is 0. The van der Waals surface area contributed by atoms with Crippen LogP contribution in [-0.2, 0) is 10.0 Å². The van der Waals surface area contributed by atoms with E-state index in [1.54, 1.807) is 4.31 Å². The van der Waals surface area contributed by atoms with Crippen LogP contribution in [0.25, 0.3) is 0 Å². The second-order valence-electron chi connectivity index (χ2n) is 6.78. The summed E-state index contributed by atoms with van der Waals surface area (Å²) in [6, 6.07) is 2.49. The molecule has 2 fully saturated rings. The smallest absolute Gasteiger partial charge is 0.243 e. The molecule has 4 nitrogen and oxygen atoms in total. The molecule has 1 unspecified atom stereocenters. The summed E-state index contributed by atoms with van der Waals surface area (Å²) in [4.78, 5) is 2.98. The highest BCUT2D eigenvalue weighted by Crippen LogP contribution is 2.31. The molecular weight excluding hydrogens is 296 g/mol. The number of benzene rings is 1. The quantitative estimate of drug-likeness (QED) is 0.839. The second-order valence-corrected chi connectivity index (χ2v) is 8.66. The molecule has 5 heteroatoms. The highest BCUT2D eigenvalue weighted by Gasteiger charge is 2.37. The fraction of sp³-hybridized carbons (Fsp3) is 0.647. The first kappa shape index (κ1) is 16.0. The monoisotopic (exact) mass is 322 g/mol. The van der Waals surface area contributed by atoms with Gasteiger partial charge in [-0.05, 0) is 69.3 Å². The highest BCUT2D eigenvalue weighted by atomic mass is 32.2. The fourth-order valence-corrected chi connectivity index (χ4v) is 5.92. The lowest BCUT2D eigenvalue weighted by atomic mass is 10.0. The fourth-order valence-electron chi connectivity index (χ4n) is 3.88. The molecule has 2 heterocycles. The maximum absolute atomic E-state index is 13.2. The van der Waals surface area contributed by atoms with Crippen LogP contribution in [0.3, 0.4) is 0 Å². The van der Waals surface area contributed by atoms with E-state index in [9.17, 15) is 8.42 Å². The summed E-state index contributed by atoms with van der Waals surface area (Å²) < 4.78 is 28.2. The summed E-state index contributed by atoms with van der Waals surface area (Å²) >= 11 is 0. The molecule has 1 aromatic carbocycles. The molecule has 2 saturated heterocycles. The number of sulfonamides is 1. The van der Waals surface area contributed by atoms with E-state index in [4.69, 9.17) is 0 Å². The summed E-state index contributed by atoms with van der Waals surface area (Å²) in [5, 5.41) is 0. The first-order valence-corrected chi connectivity index (χ1v) is 9.58. The molecule has 1 atom stereocenters. The summed E-state index contributed by atoms with van der Waals surface area (Å²) in [6.07, 6.45) is 2.32. The van der Waals surface area contributed by atoms with E-state index < -0.39 is 10.0 Å². The predicted octanol–water partition coefficient (Wildman–Crippen LogP) is 2.39. The van der Waals surface area contributed by atoms with E-state index in [0.29, 0.717) is 24.0 Å². The van der Waals surface area contributed by atoms with Crippen molar-refractivity contribution in [1.29, 1.82) is 0 Å². The predicted molar refractivity (Wildman–Crippen MR) is 88.7 cm³/mol. The Bertz CT molecular complexity index is 671. The molecule has 2 aliphatic heterocycles. The molecule has 1 aromatic rings. The maximum atomic E-state index is 13.2. The summed E-state index contributed by atoms with van der Waals surface area (Å²) in [5.74, 6) is 0. The molecular formula is C17H26N2O2S. The van der Waals surface area contributed by atoms with Crippen LogP contribution in [0.4, 0.5) is 0 Å². The SMILES string of the molecule is Cc1cc(C)c(C)c(S(=O)(=O)N2CCN3CCCC3C2)c1C. The Kier molecular flexibility index (Phi) is 4.08. The van der Waals surface area contributed by atoms with Crippen molar-refractivity contribution >= 4 is 10.0 Å². The molecule has 0 N–H and O–H groups in total. The van der Waals surface area contributed by atoms with Crippen LogP contribution in [0, 0.1) is 27.7 Å². The van der Waals surface area contributed by atoms with Gasteiger partial charge < -0.3 is 0 Å². The topological polar surface area (TPSA) is 40.6 Å². The third-order valence-corrected chi connectivity index (χ3v) is 7.58. The molecule has 0 amide bonds. The summed E-state index contributed by atoms with van der Waals surface area (Å²) in [7, 11) is -3.40. The average molecular weight is 322 g/mol. The highest BCUT2D eigenvalue weighted by molar-refractivity contribution is 7.89. The molecule has 2 aliphatic rings. The van der Waals surface area contributed by atoms with Crippen molar-refractivity contribution in [2.75, 3.05) is 26.2 Å². The van der Waals surface area contributed by atoms with Gasteiger partial charge in [0.05, 0.1) is 4.90 Å². The second kappa shape index (κ2) is 5.62. The van der Waals surface area contributed by atoms with Crippen molar-refractivity contribution < 1.29 is 8.42 Å². The minimum atomic E-state index is -3.40. The van der Waals surface area contributed by atoms with Gasteiger partial charge in [-0.25, -0.2) is 8.42 Å². The van der Waals surface area contributed by atoms with Gasteiger partial charge in [0.2, 0.25) is 10.0 Å². The molecule has 3 rings (SSSR count). The van der Waals surface area contributed by atoms with Gasteiger partial charge in [-0.1, -0.05) is 6.07 Å². The van der Waals surface area contributed by atoms with Crippen LogP contribution in [-0.4, -0.2) is 49.8 Å². The lowest BCUT2D eigenvalue weighted by Crippen LogP contribution is -2.52. The Hall–Kier alpha value is -0.910. The number of rotatable bonds is 2. The van der Waals surface area contributed by atoms with Crippen molar-refractivity contribution in [3.63, 3.8) is 0 Å². The van der Waals surface area contributed by atoms with E-state index in [2.05, 4.69) is 11.0 Å². The van der Waals surface area contributed by atoms with Gasteiger partial charge in [-0.2, -0.15) is 4.31 Å². The van der Waals surface area contributed by atoms with Gasteiger partial charge in [-0.15, -0.1) is 0 Å². The van der Waals surface area contributed by atoms with E-state index >= 15 is 0 Å². The Morgan fingerprint density at radius 2 is 1.64 bits per heavy atom. The van der Waals surface area contributed by atoms with E-state index in [1.807, 2.05) is 27.7 Å². The molecule has 0 aliphatic carbocycles. The van der Waals surface area contributed by atoms with Gasteiger partial charge in [-0.3, -0.25) is 4.90 Å². The minimum absolute atomic E-state index is 0.412. The van der Waals surface area contributed by atoms with Gasteiger partial charge in [0.15, 0.2) is 0 Å². The van der Waals surface area contributed by atoms with Gasteiger partial charge in [0.1, 0.15) is 0 Å². The van der Waals surface area contributed by atoms with Gasteiger partial charge in [0, 0.05) is 25.7 Å². The molecule has 22 heavy (non-hydrogen) atoms. The van der Waals surface area contributed by atoms with Crippen LogP contribution < -0.4 is 0 Å². The Morgan fingerprint density at radius 3 is 2.27 bits per heavy atom. The largest absolute Gasteiger partial charge is 0.298 e. The third-order valence-electron chi connectivity index (χ3n) is 5.45. The minimum Gasteiger partial charge on any atom is -0.298 e. The number of fused-ring (bicyclic) bond motifs is 1. The lowest BCUT2D eigenvalue weighted by Gasteiger charge is -2.37. The molecule has 0 aromatic heterocycles. The number of piperazine rings is 1.